The van der Waals surface area contributed by atoms with Gasteiger partial charge in [0.25, 0.3) is 0 Å². The van der Waals surface area contributed by atoms with Crippen LogP contribution in [0.5, 0.6) is 0 Å². The minimum atomic E-state index is 0.923. The van der Waals surface area contributed by atoms with Crippen molar-refractivity contribution in [2.75, 3.05) is 0 Å². The number of hydrogen-bond donors (Lipinski definition) is 0. The van der Waals surface area contributed by atoms with Crippen LogP contribution in [0.3, 0.4) is 0 Å². The van der Waals surface area contributed by atoms with Crippen molar-refractivity contribution >= 4 is 0 Å². The first-order chi connectivity index (χ1) is 12.6. The third-order valence-corrected chi connectivity index (χ3v) is 6.65. The van der Waals surface area contributed by atoms with Gasteiger partial charge in [0.05, 0.1) is 0 Å². The van der Waals surface area contributed by atoms with Crippen LogP contribution in [0.15, 0.2) is 0 Å². The van der Waals surface area contributed by atoms with E-state index >= 15 is 0 Å². The van der Waals surface area contributed by atoms with E-state index in [9.17, 15) is 0 Å². The molecule has 0 aromatic carbocycles. The molecule has 0 saturated carbocycles. The molecular formula is C26H54. The van der Waals surface area contributed by atoms with E-state index in [2.05, 4.69) is 34.6 Å². The third-order valence-electron chi connectivity index (χ3n) is 6.65. The van der Waals surface area contributed by atoms with Crippen LogP contribution < -0.4 is 0 Å². The molecule has 0 bridgehead atoms. The second-order valence-corrected chi connectivity index (χ2v) is 9.46. The van der Waals surface area contributed by atoms with Gasteiger partial charge in [-0.2, -0.15) is 0 Å². The molecule has 0 radical (unpaired) electrons. The molecule has 0 heterocycles. The van der Waals surface area contributed by atoms with Gasteiger partial charge in [0.1, 0.15) is 0 Å². The van der Waals surface area contributed by atoms with Crippen LogP contribution in [-0.4, -0.2) is 0 Å². The Balaban J connectivity index is 3.48. The lowest BCUT2D eigenvalue weighted by atomic mass is 9.84. The van der Waals surface area contributed by atoms with Crippen LogP contribution in [-0.2, 0) is 0 Å². The normalized spacial score (nSPS) is 15.1. The smallest absolute Gasteiger partial charge is 0.0417 e. The van der Waals surface area contributed by atoms with Crippen LogP contribution in [0.1, 0.15) is 150 Å². The zero-order valence-electron chi connectivity index (χ0n) is 19.5. The third kappa shape index (κ3) is 17.4. The highest BCUT2D eigenvalue weighted by Gasteiger charge is 2.13. The predicted molar refractivity (Wildman–Crippen MR) is 122 cm³/mol. The van der Waals surface area contributed by atoms with Crippen LogP contribution in [0.2, 0.25) is 0 Å². The predicted octanol–water partition coefficient (Wildman–Crippen LogP) is 9.96. The summed E-state index contributed by atoms with van der Waals surface area (Å²) >= 11 is 0. The summed E-state index contributed by atoms with van der Waals surface area (Å²) in [6.07, 6.45) is 26.1. The zero-order chi connectivity index (χ0) is 19.5. The van der Waals surface area contributed by atoms with E-state index in [1.807, 2.05) is 0 Å². The molecule has 0 heteroatoms. The lowest BCUT2D eigenvalue weighted by Gasteiger charge is -2.21. The molecule has 0 nitrogen and oxygen atoms in total. The molecule has 0 aromatic heterocycles. The molecule has 158 valence electrons. The second-order valence-electron chi connectivity index (χ2n) is 9.46. The van der Waals surface area contributed by atoms with Crippen molar-refractivity contribution in [3.05, 3.63) is 0 Å². The summed E-state index contributed by atoms with van der Waals surface area (Å²) in [5.74, 6) is 2.79. The van der Waals surface area contributed by atoms with Crippen molar-refractivity contribution in [1.29, 1.82) is 0 Å². The average Bonchev–Trinajstić information content (AvgIpc) is 2.64. The van der Waals surface area contributed by atoms with Crippen LogP contribution in [0.25, 0.3) is 0 Å². The van der Waals surface area contributed by atoms with Crippen molar-refractivity contribution < 1.29 is 0 Å². The fourth-order valence-electron chi connectivity index (χ4n) is 4.13. The first-order valence-corrected chi connectivity index (χ1v) is 12.6. The Morgan fingerprint density at radius 3 is 1.27 bits per heavy atom. The quantitative estimate of drug-likeness (QED) is 0.188. The van der Waals surface area contributed by atoms with Gasteiger partial charge in [-0.15, -0.1) is 0 Å². The summed E-state index contributed by atoms with van der Waals surface area (Å²) in [6, 6.07) is 0. The molecule has 3 unspecified atom stereocenters. The maximum Gasteiger partial charge on any atom is -0.0417 e. The van der Waals surface area contributed by atoms with E-state index in [4.69, 9.17) is 0 Å². The summed E-state index contributed by atoms with van der Waals surface area (Å²) in [6.45, 7) is 12.1. The van der Waals surface area contributed by atoms with Gasteiger partial charge in [0.2, 0.25) is 0 Å². The molecule has 0 amide bonds. The summed E-state index contributed by atoms with van der Waals surface area (Å²) < 4.78 is 0. The minimum absolute atomic E-state index is 0.923. The zero-order valence-corrected chi connectivity index (χ0v) is 19.5. The topological polar surface area (TPSA) is 0 Å². The highest BCUT2D eigenvalue weighted by Crippen LogP contribution is 2.26. The van der Waals surface area contributed by atoms with Gasteiger partial charge in [-0.05, 0) is 17.8 Å². The Bertz CT molecular complexity index is 257. The second kappa shape index (κ2) is 19.8. The van der Waals surface area contributed by atoms with E-state index in [0.717, 1.165) is 17.8 Å². The lowest BCUT2D eigenvalue weighted by molar-refractivity contribution is 0.302. The van der Waals surface area contributed by atoms with Gasteiger partial charge in [0, 0.05) is 0 Å². The van der Waals surface area contributed by atoms with Crippen LogP contribution >= 0.6 is 0 Å². The first kappa shape index (κ1) is 26.0. The van der Waals surface area contributed by atoms with Gasteiger partial charge < -0.3 is 0 Å². The number of unbranched alkanes of at least 4 members (excludes halogenated alkanes) is 12. The minimum Gasteiger partial charge on any atom is -0.0654 e. The highest BCUT2D eigenvalue weighted by atomic mass is 14.2. The fourth-order valence-corrected chi connectivity index (χ4v) is 4.13. The summed E-state index contributed by atoms with van der Waals surface area (Å²) in [5.41, 5.74) is 0. The SMILES string of the molecule is CCCCCCCCCCCC(C)C(C)CCC(C)CCCCCCC. The Morgan fingerprint density at radius 2 is 0.769 bits per heavy atom. The van der Waals surface area contributed by atoms with E-state index in [1.165, 1.54) is 116 Å². The maximum absolute atomic E-state index is 2.51. The van der Waals surface area contributed by atoms with Crippen molar-refractivity contribution in [1.82, 2.24) is 0 Å². The van der Waals surface area contributed by atoms with Gasteiger partial charge in [-0.3, -0.25) is 0 Å². The molecule has 0 N–H and O–H groups in total. The van der Waals surface area contributed by atoms with Gasteiger partial charge in [0.15, 0.2) is 0 Å². The Kier molecular flexibility index (Phi) is 19.8. The van der Waals surface area contributed by atoms with E-state index in [1.54, 1.807) is 0 Å². The number of rotatable bonds is 20. The summed E-state index contributed by atoms with van der Waals surface area (Å²) in [4.78, 5) is 0. The maximum atomic E-state index is 2.51. The number of hydrogen-bond acceptors (Lipinski definition) is 0. The molecular weight excluding hydrogens is 312 g/mol. The first-order valence-electron chi connectivity index (χ1n) is 12.6. The van der Waals surface area contributed by atoms with Gasteiger partial charge in [-0.1, -0.05) is 150 Å². The van der Waals surface area contributed by atoms with Crippen molar-refractivity contribution in [3.8, 4) is 0 Å². The van der Waals surface area contributed by atoms with Crippen molar-refractivity contribution in [2.24, 2.45) is 17.8 Å². The molecule has 26 heavy (non-hydrogen) atoms. The Morgan fingerprint density at radius 1 is 0.385 bits per heavy atom. The van der Waals surface area contributed by atoms with Crippen molar-refractivity contribution in [3.63, 3.8) is 0 Å². The summed E-state index contributed by atoms with van der Waals surface area (Å²) in [7, 11) is 0. The fraction of sp³-hybridized carbons (Fsp3) is 1.00. The van der Waals surface area contributed by atoms with E-state index in [-0.39, 0.29) is 0 Å². The van der Waals surface area contributed by atoms with Crippen molar-refractivity contribution in [2.45, 2.75) is 150 Å². The largest absolute Gasteiger partial charge is 0.0654 e. The molecule has 0 saturated heterocycles. The molecule has 0 aliphatic heterocycles. The van der Waals surface area contributed by atoms with E-state index in [0.29, 0.717) is 0 Å². The Labute approximate surface area is 168 Å². The molecule has 0 aliphatic carbocycles. The summed E-state index contributed by atoms with van der Waals surface area (Å²) in [5, 5.41) is 0. The molecule has 3 atom stereocenters. The van der Waals surface area contributed by atoms with Gasteiger partial charge >= 0.3 is 0 Å². The molecule has 0 aliphatic rings. The molecule has 0 rings (SSSR count). The van der Waals surface area contributed by atoms with E-state index < -0.39 is 0 Å². The van der Waals surface area contributed by atoms with Crippen LogP contribution in [0.4, 0.5) is 0 Å². The Hall–Kier alpha value is 0. The van der Waals surface area contributed by atoms with Crippen LogP contribution in [0, 0.1) is 17.8 Å². The average molecular weight is 367 g/mol. The van der Waals surface area contributed by atoms with Gasteiger partial charge in [-0.25, -0.2) is 0 Å². The standard InChI is InChI=1S/C26H54/c1-6-8-10-12-13-14-15-17-19-21-25(4)26(5)23-22-24(3)20-18-16-11-9-7-2/h24-26H,6-23H2,1-5H3. The molecule has 0 fully saturated rings. The highest BCUT2D eigenvalue weighted by molar-refractivity contribution is 4.65. The molecule has 0 spiro atoms. The lowest BCUT2D eigenvalue weighted by Crippen LogP contribution is -2.10. The molecule has 0 aromatic rings. The monoisotopic (exact) mass is 366 g/mol.